The van der Waals surface area contributed by atoms with Crippen molar-refractivity contribution in [3.05, 3.63) is 76.3 Å². The molecule has 0 saturated carbocycles. The van der Waals surface area contributed by atoms with E-state index in [0.29, 0.717) is 29.7 Å². The Morgan fingerprint density at radius 1 is 1.19 bits per heavy atom. The first-order valence-corrected chi connectivity index (χ1v) is 10.1. The summed E-state index contributed by atoms with van der Waals surface area (Å²) in [7, 11) is 1.83. The summed E-state index contributed by atoms with van der Waals surface area (Å²) in [5.41, 5.74) is 6.45. The minimum Gasteiger partial charge on any atom is -0.358 e. The van der Waals surface area contributed by atoms with E-state index in [1.807, 2.05) is 18.9 Å². The second kappa shape index (κ2) is 8.31. The second-order valence-electron chi connectivity index (χ2n) is 7.63. The molecule has 2 heterocycles. The van der Waals surface area contributed by atoms with E-state index in [4.69, 9.17) is 5.73 Å². The Labute approximate surface area is 179 Å². The van der Waals surface area contributed by atoms with Crippen LogP contribution in [0.3, 0.4) is 0 Å². The number of carbonyl (C=O) groups excluding carboxylic acids is 1. The number of H-pyrrole nitrogens is 1. The molecule has 1 aliphatic heterocycles. The molecule has 0 fully saturated rings. The first-order chi connectivity index (χ1) is 14.9. The van der Waals surface area contributed by atoms with Gasteiger partial charge in [0, 0.05) is 13.1 Å². The van der Waals surface area contributed by atoms with Crippen LogP contribution in [0.2, 0.25) is 0 Å². The molecule has 1 aliphatic rings. The number of nitrogens with two attached hydrogens (primary N) is 1. The molecule has 1 atom stereocenters. The number of aromatic nitrogens is 2. The summed E-state index contributed by atoms with van der Waals surface area (Å²) in [6, 6.07) is 13.2. The van der Waals surface area contributed by atoms with Crippen LogP contribution in [-0.2, 0) is 4.79 Å². The van der Waals surface area contributed by atoms with E-state index in [2.05, 4.69) is 9.97 Å². The molecular weight excluding hydrogens is 397 g/mol. The van der Waals surface area contributed by atoms with Crippen molar-refractivity contribution in [1.82, 2.24) is 14.9 Å². The number of ketones is 1. The summed E-state index contributed by atoms with van der Waals surface area (Å²) < 4.78 is 14.7. The molecule has 8 heteroatoms. The molecule has 3 N–H and O–H groups in total. The third kappa shape index (κ3) is 3.70. The van der Waals surface area contributed by atoms with Gasteiger partial charge >= 0.3 is 0 Å². The van der Waals surface area contributed by atoms with Gasteiger partial charge in [0.05, 0.1) is 23.1 Å². The molecule has 2 aromatic carbocycles. The highest BCUT2D eigenvalue weighted by Crippen LogP contribution is 2.35. The van der Waals surface area contributed by atoms with Crippen molar-refractivity contribution in [3.8, 4) is 0 Å². The number of carbonyl (C=O) groups is 1. The fourth-order valence-corrected chi connectivity index (χ4v) is 3.88. The summed E-state index contributed by atoms with van der Waals surface area (Å²) in [4.78, 5) is 36.7. The van der Waals surface area contributed by atoms with Gasteiger partial charge in [-0.2, -0.15) is 0 Å². The molecule has 4 rings (SSSR count). The molecule has 7 nitrogen and oxygen atoms in total. The van der Waals surface area contributed by atoms with Crippen molar-refractivity contribution < 1.29 is 9.18 Å². The number of hydrogen-bond acceptors (Lipinski definition) is 6. The lowest BCUT2D eigenvalue weighted by Gasteiger charge is -2.34. The number of para-hydroxylation sites is 2. The van der Waals surface area contributed by atoms with E-state index in [0.717, 1.165) is 0 Å². The van der Waals surface area contributed by atoms with Crippen LogP contribution in [0.15, 0.2) is 59.1 Å². The predicted octanol–water partition coefficient (Wildman–Crippen LogP) is 2.49. The lowest BCUT2D eigenvalue weighted by Crippen LogP contribution is -2.38. The minimum absolute atomic E-state index is 0.0256. The Balaban J connectivity index is 1.95. The molecule has 3 aromatic rings. The van der Waals surface area contributed by atoms with Crippen molar-refractivity contribution in [2.75, 3.05) is 25.0 Å². The predicted molar refractivity (Wildman–Crippen MR) is 119 cm³/mol. The van der Waals surface area contributed by atoms with Gasteiger partial charge in [-0.05, 0) is 44.2 Å². The maximum Gasteiger partial charge on any atom is 0.259 e. The average molecular weight is 421 g/mol. The first-order valence-electron chi connectivity index (χ1n) is 10.1. The number of nitrogens with zero attached hydrogens (tertiary/aromatic N) is 3. The maximum absolute atomic E-state index is 14.7. The Hall–Kier alpha value is -3.52. The van der Waals surface area contributed by atoms with E-state index >= 15 is 0 Å². The third-order valence-corrected chi connectivity index (χ3v) is 5.63. The number of halogens is 1. The number of nitrogens with one attached hydrogen (secondary N) is 1. The number of benzene rings is 2. The largest absolute Gasteiger partial charge is 0.358 e. The number of hydrogen-bond donors (Lipinski definition) is 2. The van der Waals surface area contributed by atoms with Gasteiger partial charge in [-0.25, -0.2) is 9.37 Å². The average Bonchev–Trinajstić information content (AvgIpc) is 3.10. The molecule has 160 valence electrons. The van der Waals surface area contributed by atoms with Crippen LogP contribution in [0, 0.1) is 5.82 Å². The van der Waals surface area contributed by atoms with Gasteiger partial charge in [0.2, 0.25) is 0 Å². The summed E-state index contributed by atoms with van der Waals surface area (Å²) >= 11 is 0. The van der Waals surface area contributed by atoms with Crippen molar-refractivity contribution in [2.24, 2.45) is 5.73 Å². The van der Waals surface area contributed by atoms with Crippen molar-refractivity contribution in [2.45, 2.75) is 19.4 Å². The summed E-state index contributed by atoms with van der Waals surface area (Å²) in [5.74, 6) is -0.0128. The normalized spacial score (nSPS) is 15.1. The first kappa shape index (κ1) is 20.7. The maximum atomic E-state index is 14.7. The SMILES string of the molecule is CC(CCN)N(C)C1=C(c2nc3ccccc3c(=O)[nH]2)C(=O)CN1c1ccccc1F. The van der Waals surface area contributed by atoms with E-state index in [-0.39, 0.29) is 41.0 Å². The molecular formula is C23H24FN5O2. The van der Waals surface area contributed by atoms with Crippen molar-refractivity contribution in [3.63, 3.8) is 0 Å². The summed E-state index contributed by atoms with van der Waals surface area (Å²) in [5, 5.41) is 0.440. The fourth-order valence-electron chi connectivity index (χ4n) is 3.88. The van der Waals surface area contributed by atoms with Gasteiger partial charge in [-0.3, -0.25) is 9.59 Å². The Bertz CT molecular complexity index is 1240. The van der Waals surface area contributed by atoms with Gasteiger partial charge in [0.1, 0.15) is 23.0 Å². The number of rotatable bonds is 6. The summed E-state index contributed by atoms with van der Waals surface area (Å²) in [6.07, 6.45) is 0.675. The molecule has 0 radical (unpaired) electrons. The van der Waals surface area contributed by atoms with Gasteiger partial charge in [0.15, 0.2) is 5.78 Å². The molecule has 1 aromatic heterocycles. The lowest BCUT2D eigenvalue weighted by molar-refractivity contribution is -0.112. The van der Waals surface area contributed by atoms with Crippen LogP contribution in [0.1, 0.15) is 19.2 Å². The third-order valence-electron chi connectivity index (χ3n) is 5.63. The zero-order valence-electron chi connectivity index (χ0n) is 17.4. The van der Waals surface area contributed by atoms with Gasteiger partial charge in [0.25, 0.3) is 5.56 Å². The van der Waals surface area contributed by atoms with Crippen LogP contribution in [0.25, 0.3) is 16.5 Å². The Morgan fingerprint density at radius 3 is 2.65 bits per heavy atom. The zero-order valence-corrected chi connectivity index (χ0v) is 17.4. The number of Topliss-reactive ketones (excluding diaryl/α,β-unsaturated/α-hetero) is 1. The van der Waals surface area contributed by atoms with E-state index < -0.39 is 5.82 Å². The zero-order chi connectivity index (χ0) is 22.1. The molecule has 0 saturated heterocycles. The van der Waals surface area contributed by atoms with E-state index in [1.165, 1.54) is 6.07 Å². The number of aromatic amines is 1. The number of anilines is 1. The van der Waals surface area contributed by atoms with Gasteiger partial charge in [-0.15, -0.1) is 0 Å². The van der Waals surface area contributed by atoms with Crippen LogP contribution in [0.5, 0.6) is 0 Å². The summed E-state index contributed by atoms with van der Waals surface area (Å²) in [6.45, 7) is 2.39. The highest BCUT2D eigenvalue weighted by Gasteiger charge is 2.37. The van der Waals surface area contributed by atoms with Crippen LogP contribution in [-0.4, -0.2) is 46.8 Å². The highest BCUT2D eigenvalue weighted by molar-refractivity contribution is 6.26. The molecule has 0 amide bonds. The van der Waals surface area contributed by atoms with Gasteiger partial charge in [-0.1, -0.05) is 24.3 Å². The molecule has 0 aliphatic carbocycles. The standard InChI is InChI=1S/C23H24FN5O2/c1-14(11-12-25)28(2)23-20(19(30)13-29(23)18-10-6-4-8-16(18)24)21-26-17-9-5-3-7-15(17)22(31)27-21/h3-10,14H,11-13,25H2,1-2H3,(H,26,27,31). The molecule has 31 heavy (non-hydrogen) atoms. The molecule has 0 bridgehead atoms. The van der Waals surface area contributed by atoms with Crippen LogP contribution < -0.4 is 16.2 Å². The Kier molecular flexibility index (Phi) is 5.56. The van der Waals surface area contributed by atoms with Crippen LogP contribution in [0.4, 0.5) is 10.1 Å². The quantitative estimate of drug-likeness (QED) is 0.635. The molecule has 0 spiro atoms. The topological polar surface area (TPSA) is 95.3 Å². The lowest BCUT2D eigenvalue weighted by atomic mass is 10.1. The van der Waals surface area contributed by atoms with Gasteiger partial charge < -0.3 is 20.5 Å². The fraction of sp³-hybridized carbons (Fsp3) is 0.261. The van der Waals surface area contributed by atoms with E-state index in [9.17, 15) is 14.0 Å². The second-order valence-corrected chi connectivity index (χ2v) is 7.63. The van der Waals surface area contributed by atoms with Crippen LogP contribution >= 0.6 is 0 Å². The monoisotopic (exact) mass is 421 g/mol. The van der Waals surface area contributed by atoms with Crippen molar-refractivity contribution in [1.29, 1.82) is 0 Å². The number of fused-ring (bicyclic) bond motifs is 1. The minimum atomic E-state index is -0.436. The van der Waals surface area contributed by atoms with Crippen molar-refractivity contribution >= 4 is 27.9 Å². The highest BCUT2D eigenvalue weighted by atomic mass is 19.1. The smallest absolute Gasteiger partial charge is 0.259 e. The van der Waals surface area contributed by atoms with E-state index in [1.54, 1.807) is 47.4 Å². The molecule has 1 unspecified atom stereocenters. The Morgan fingerprint density at radius 2 is 1.90 bits per heavy atom.